The summed E-state index contributed by atoms with van der Waals surface area (Å²) >= 11 is 0. The number of hydrogen-bond acceptors (Lipinski definition) is 5. The maximum absolute atomic E-state index is 12.7. The van der Waals surface area contributed by atoms with Gasteiger partial charge in [0.2, 0.25) is 17.7 Å². The molecule has 4 N–H and O–H groups in total. The smallest absolute Gasteiger partial charge is 0.242 e. The van der Waals surface area contributed by atoms with Crippen molar-refractivity contribution in [1.29, 1.82) is 0 Å². The van der Waals surface area contributed by atoms with E-state index in [1.165, 1.54) is 6.92 Å². The summed E-state index contributed by atoms with van der Waals surface area (Å²) in [5.74, 6) is -0.445. The molecule has 0 aromatic carbocycles. The maximum atomic E-state index is 12.7. The van der Waals surface area contributed by atoms with Crippen molar-refractivity contribution in [2.24, 2.45) is 11.8 Å². The van der Waals surface area contributed by atoms with Crippen LogP contribution in [0.3, 0.4) is 0 Å². The number of hydrogen-bond donors (Lipinski definition) is 4. The number of ketones is 1. The molecule has 0 aromatic heterocycles. The van der Waals surface area contributed by atoms with Gasteiger partial charge in [0.15, 0.2) is 0 Å². The standard InChI is InChI=1S/C26H50N4O4/c1-6-7-8-13-20(2)24(32)28-18-12-10-15-23(26(34)29-19-16-22(4)31)30-25(33)21(3)14-9-11-17-27-5/h20-21,23,27H,6-19H2,1-5H3,(H,28,32)(H,29,34)(H,30,33)/t20-,21-,23-/m0/s1. The third-order valence-electron chi connectivity index (χ3n) is 6.08. The Morgan fingerprint density at radius 1 is 0.676 bits per heavy atom. The molecule has 0 radical (unpaired) electrons. The molecule has 0 aliphatic heterocycles. The maximum Gasteiger partial charge on any atom is 0.242 e. The summed E-state index contributed by atoms with van der Waals surface area (Å²) in [5, 5.41) is 11.7. The summed E-state index contributed by atoms with van der Waals surface area (Å²) in [5.41, 5.74) is 0. The van der Waals surface area contributed by atoms with E-state index in [9.17, 15) is 19.2 Å². The van der Waals surface area contributed by atoms with E-state index in [0.29, 0.717) is 19.4 Å². The van der Waals surface area contributed by atoms with Crippen LogP contribution in [0.25, 0.3) is 0 Å². The highest BCUT2D eigenvalue weighted by atomic mass is 16.2. The second-order valence-corrected chi connectivity index (χ2v) is 9.49. The van der Waals surface area contributed by atoms with Gasteiger partial charge in [-0.3, -0.25) is 19.2 Å². The molecular weight excluding hydrogens is 432 g/mol. The van der Waals surface area contributed by atoms with E-state index in [-0.39, 0.29) is 48.3 Å². The Labute approximate surface area is 207 Å². The number of unbranched alkanes of at least 4 members (excludes halogenated alkanes) is 4. The van der Waals surface area contributed by atoms with Crippen LogP contribution >= 0.6 is 0 Å². The summed E-state index contributed by atoms with van der Waals surface area (Å²) in [4.78, 5) is 48.7. The molecule has 0 unspecified atom stereocenters. The van der Waals surface area contributed by atoms with Crippen LogP contribution < -0.4 is 21.3 Å². The Kier molecular flexibility index (Phi) is 19.2. The van der Waals surface area contributed by atoms with Gasteiger partial charge in [0, 0.05) is 31.3 Å². The van der Waals surface area contributed by atoms with Crippen LogP contribution in [-0.2, 0) is 19.2 Å². The zero-order chi connectivity index (χ0) is 25.8. The molecule has 0 spiro atoms. The predicted octanol–water partition coefficient (Wildman–Crippen LogP) is 3.10. The topological polar surface area (TPSA) is 116 Å². The van der Waals surface area contributed by atoms with E-state index in [0.717, 1.165) is 57.9 Å². The Morgan fingerprint density at radius 2 is 1.24 bits per heavy atom. The second kappa shape index (κ2) is 20.4. The van der Waals surface area contributed by atoms with Crippen LogP contribution in [0.15, 0.2) is 0 Å². The molecule has 34 heavy (non-hydrogen) atoms. The van der Waals surface area contributed by atoms with Gasteiger partial charge in [0.25, 0.3) is 0 Å². The Hall–Kier alpha value is -1.96. The first-order valence-corrected chi connectivity index (χ1v) is 13.2. The minimum atomic E-state index is -0.636. The van der Waals surface area contributed by atoms with Crippen molar-refractivity contribution in [3.8, 4) is 0 Å². The molecule has 0 aromatic rings. The molecule has 0 aliphatic carbocycles. The molecule has 0 bridgehead atoms. The Balaban J connectivity index is 4.56. The number of rotatable bonds is 21. The summed E-state index contributed by atoms with van der Waals surface area (Å²) in [6.07, 6.45) is 9.19. The van der Waals surface area contributed by atoms with Crippen molar-refractivity contribution >= 4 is 23.5 Å². The SMILES string of the molecule is CCCCC[C@H](C)C(=O)NCCCC[C@H](NC(=O)[C@@H](C)CCCCNC)C(=O)NCCC(C)=O. The molecule has 3 atom stereocenters. The zero-order valence-corrected chi connectivity index (χ0v) is 22.3. The van der Waals surface area contributed by atoms with Gasteiger partial charge in [-0.2, -0.15) is 0 Å². The van der Waals surface area contributed by atoms with E-state index in [2.05, 4.69) is 28.2 Å². The summed E-state index contributed by atoms with van der Waals surface area (Å²) in [6, 6.07) is -0.636. The molecule has 0 saturated carbocycles. The van der Waals surface area contributed by atoms with Crippen LogP contribution in [0.5, 0.6) is 0 Å². The van der Waals surface area contributed by atoms with E-state index in [4.69, 9.17) is 0 Å². The first kappa shape index (κ1) is 32.0. The Bertz CT molecular complexity index is 597. The molecule has 0 fully saturated rings. The highest BCUT2D eigenvalue weighted by Gasteiger charge is 2.23. The predicted molar refractivity (Wildman–Crippen MR) is 137 cm³/mol. The molecule has 198 valence electrons. The van der Waals surface area contributed by atoms with Gasteiger partial charge in [0.1, 0.15) is 11.8 Å². The average Bonchev–Trinajstić information content (AvgIpc) is 2.80. The normalized spacial score (nSPS) is 13.6. The molecule has 3 amide bonds. The number of amides is 3. The molecule has 8 nitrogen and oxygen atoms in total. The van der Waals surface area contributed by atoms with Crippen molar-refractivity contribution in [3.05, 3.63) is 0 Å². The summed E-state index contributed by atoms with van der Waals surface area (Å²) in [7, 11) is 1.91. The van der Waals surface area contributed by atoms with Crippen LogP contribution in [0.4, 0.5) is 0 Å². The Morgan fingerprint density at radius 3 is 1.85 bits per heavy atom. The van der Waals surface area contributed by atoms with Gasteiger partial charge in [-0.15, -0.1) is 0 Å². The molecule has 8 heteroatoms. The zero-order valence-electron chi connectivity index (χ0n) is 22.3. The molecule has 0 rings (SSSR count). The fraction of sp³-hybridized carbons (Fsp3) is 0.846. The quantitative estimate of drug-likeness (QED) is 0.188. The lowest BCUT2D eigenvalue weighted by Crippen LogP contribution is -2.48. The lowest BCUT2D eigenvalue weighted by molar-refractivity contribution is -0.131. The van der Waals surface area contributed by atoms with Crippen LogP contribution in [0.2, 0.25) is 0 Å². The summed E-state index contributed by atoms with van der Waals surface area (Å²) in [6.45, 7) is 9.23. The molecule has 0 aliphatic rings. The van der Waals surface area contributed by atoms with Gasteiger partial charge in [-0.1, -0.05) is 46.5 Å². The van der Waals surface area contributed by atoms with E-state index >= 15 is 0 Å². The summed E-state index contributed by atoms with van der Waals surface area (Å²) < 4.78 is 0. The van der Waals surface area contributed by atoms with Crippen molar-refractivity contribution < 1.29 is 19.2 Å². The van der Waals surface area contributed by atoms with Crippen LogP contribution in [0.1, 0.15) is 98.3 Å². The van der Waals surface area contributed by atoms with E-state index < -0.39 is 6.04 Å². The lowest BCUT2D eigenvalue weighted by Gasteiger charge is -2.21. The molecule has 0 saturated heterocycles. The second-order valence-electron chi connectivity index (χ2n) is 9.49. The third kappa shape index (κ3) is 16.6. The largest absolute Gasteiger partial charge is 0.356 e. The van der Waals surface area contributed by atoms with Gasteiger partial charge in [-0.05, 0) is 59.0 Å². The van der Waals surface area contributed by atoms with Crippen LogP contribution in [0, 0.1) is 11.8 Å². The average molecular weight is 483 g/mol. The highest BCUT2D eigenvalue weighted by Crippen LogP contribution is 2.11. The number of Topliss-reactive ketones (excluding diaryl/α,β-unsaturated/α-hetero) is 1. The minimum Gasteiger partial charge on any atom is -0.356 e. The van der Waals surface area contributed by atoms with Crippen molar-refractivity contribution in [3.63, 3.8) is 0 Å². The number of carbonyl (C=O) groups is 4. The molecular formula is C26H50N4O4. The van der Waals surface area contributed by atoms with Gasteiger partial charge in [0.05, 0.1) is 0 Å². The van der Waals surface area contributed by atoms with Gasteiger partial charge >= 0.3 is 0 Å². The van der Waals surface area contributed by atoms with Gasteiger partial charge in [-0.25, -0.2) is 0 Å². The number of nitrogens with one attached hydrogen (secondary N) is 4. The fourth-order valence-electron chi connectivity index (χ4n) is 3.64. The third-order valence-corrected chi connectivity index (χ3v) is 6.08. The van der Waals surface area contributed by atoms with Gasteiger partial charge < -0.3 is 21.3 Å². The van der Waals surface area contributed by atoms with Crippen LogP contribution in [-0.4, -0.2) is 56.2 Å². The van der Waals surface area contributed by atoms with Crippen molar-refractivity contribution in [2.75, 3.05) is 26.7 Å². The van der Waals surface area contributed by atoms with E-state index in [1.807, 2.05) is 20.9 Å². The highest BCUT2D eigenvalue weighted by molar-refractivity contribution is 5.88. The first-order chi connectivity index (χ1) is 16.2. The minimum absolute atomic E-state index is 0.00995. The van der Waals surface area contributed by atoms with Crippen molar-refractivity contribution in [1.82, 2.24) is 21.3 Å². The fourth-order valence-corrected chi connectivity index (χ4v) is 3.64. The van der Waals surface area contributed by atoms with Crippen molar-refractivity contribution in [2.45, 2.75) is 104 Å². The molecule has 0 heterocycles. The first-order valence-electron chi connectivity index (χ1n) is 13.2. The van der Waals surface area contributed by atoms with E-state index in [1.54, 1.807) is 0 Å². The lowest BCUT2D eigenvalue weighted by atomic mass is 10.0. The monoisotopic (exact) mass is 482 g/mol. The number of carbonyl (C=O) groups excluding carboxylic acids is 4.